The molecule has 2 heterocycles. The molecule has 0 aliphatic rings. The fourth-order valence-corrected chi connectivity index (χ4v) is 4.42. The van der Waals surface area contributed by atoms with E-state index in [4.69, 9.17) is 5.73 Å². The molecular formula is C19H22N6O2S2. The van der Waals surface area contributed by atoms with E-state index in [-0.39, 0.29) is 17.5 Å². The smallest absolute Gasteiger partial charge is 0.275 e. The van der Waals surface area contributed by atoms with Gasteiger partial charge in [0.25, 0.3) is 5.56 Å². The minimum absolute atomic E-state index is 0.0564. The first-order valence-corrected chi connectivity index (χ1v) is 10.8. The maximum atomic E-state index is 12.3. The highest BCUT2D eigenvalue weighted by atomic mass is 32.2. The van der Waals surface area contributed by atoms with Crippen LogP contribution in [0.25, 0.3) is 5.69 Å². The number of nitrogens with two attached hydrogens (primary N) is 1. The molecule has 0 saturated carbocycles. The number of hydrogen-bond donors (Lipinski definition) is 2. The van der Waals surface area contributed by atoms with Gasteiger partial charge in [-0.25, -0.2) is 0 Å². The quantitative estimate of drug-likeness (QED) is 0.437. The number of nitrogens with zero attached hydrogens (tertiary/aromatic N) is 4. The zero-order chi connectivity index (χ0) is 21.0. The molecule has 3 N–H and O–H groups in total. The number of carbonyl (C=O) groups is 1. The number of aryl methyl sites for hydroxylation is 1. The number of carbonyl (C=O) groups excluding carboxylic acids is 1. The number of nitrogen functional groups attached to an aromatic ring is 1. The number of rotatable bonds is 7. The molecule has 152 valence electrons. The Balaban J connectivity index is 1.74. The van der Waals surface area contributed by atoms with Gasteiger partial charge in [-0.15, -0.1) is 10.2 Å². The summed E-state index contributed by atoms with van der Waals surface area (Å²) in [5, 5.41) is 12.5. The van der Waals surface area contributed by atoms with Gasteiger partial charge in [-0.05, 0) is 30.5 Å². The summed E-state index contributed by atoms with van der Waals surface area (Å²) in [5.74, 6) is 0.534. The van der Waals surface area contributed by atoms with Gasteiger partial charge in [0.05, 0.1) is 5.75 Å². The van der Waals surface area contributed by atoms with Gasteiger partial charge in [-0.1, -0.05) is 49.1 Å². The van der Waals surface area contributed by atoms with Crippen LogP contribution in [0.15, 0.2) is 40.3 Å². The van der Waals surface area contributed by atoms with Crippen LogP contribution in [0.2, 0.25) is 0 Å². The summed E-state index contributed by atoms with van der Waals surface area (Å²) in [6.07, 6.45) is 0.818. The van der Waals surface area contributed by atoms with Crippen LogP contribution in [0, 0.1) is 12.8 Å². The van der Waals surface area contributed by atoms with Crippen LogP contribution in [-0.2, 0) is 11.2 Å². The Kier molecular flexibility index (Phi) is 6.65. The predicted octanol–water partition coefficient (Wildman–Crippen LogP) is 2.90. The number of anilines is 2. The third-order valence-electron chi connectivity index (χ3n) is 3.81. The van der Waals surface area contributed by atoms with E-state index in [9.17, 15) is 9.59 Å². The van der Waals surface area contributed by atoms with Gasteiger partial charge >= 0.3 is 0 Å². The van der Waals surface area contributed by atoms with Crippen LogP contribution in [0.5, 0.6) is 0 Å². The maximum absolute atomic E-state index is 12.3. The number of aromatic nitrogens is 4. The molecule has 8 nitrogen and oxygen atoms in total. The highest BCUT2D eigenvalue weighted by molar-refractivity contribution is 7.99. The summed E-state index contributed by atoms with van der Waals surface area (Å²) in [6, 6.07) is 8.93. The molecule has 3 rings (SSSR count). The molecule has 0 fully saturated rings. The first-order chi connectivity index (χ1) is 13.8. The predicted molar refractivity (Wildman–Crippen MR) is 117 cm³/mol. The van der Waals surface area contributed by atoms with Gasteiger partial charge in [0.1, 0.15) is 10.8 Å². The van der Waals surface area contributed by atoms with Gasteiger partial charge in [-0.2, -0.15) is 4.98 Å². The molecule has 1 aromatic carbocycles. The van der Waals surface area contributed by atoms with Crippen molar-refractivity contribution in [1.82, 2.24) is 19.7 Å². The molecule has 0 aliphatic carbocycles. The maximum Gasteiger partial charge on any atom is 0.275 e. The Morgan fingerprint density at radius 2 is 2.10 bits per heavy atom. The molecule has 0 atom stereocenters. The van der Waals surface area contributed by atoms with Crippen LogP contribution in [0.4, 0.5) is 10.9 Å². The number of thioether (sulfide) groups is 1. The average molecular weight is 431 g/mol. The molecule has 0 spiro atoms. The number of hydrogen-bond acceptors (Lipinski definition) is 8. The van der Waals surface area contributed by atoms with Crippen molar-refractivity contribution in [2.45, 2.75) is 32.3 Å². The lowest BCUT2D eigenvalue weighted by atomic mass is 10.1. The second-order valence-electron chi connectivity index (χ2n) is 6.91. The van der Waals surface area contributed by atoms with Gasteiger partial charge < -0.3 is 5.73 Å². The standard InChI is InChI=1S/C19H22N6O2S2/c1-11(2)7-17-23-24-18(29-17)21-16(27)10-28-19-22-15(26)9-14(20)25(19)13-6-4-5-12(3)8-13/h4-6,8-9,11H,7,10,20H2,1-3H3,(H,21,24,27). The second kappa shape index (κ2) is 9.19. The van der Waals surface area contributed by atoms with E-state index in [0.29, 0.717) is 16.2 Å². The van der Waals surface area contributed by atoms with Crippen molar-refractivity contribution in [1.29, 1.82) is 0 Å². The zero-order valence-corrected chi connectivity index (χ0v) is 18.0. The highest BCUT2D eigenvalue weighted by Gasteiger charge is 2.14. The third kappa shape index (κ3) is 5.64. The van der Waals surface area contributed by atoms with Crippen LogP contribution < -0.4 is 16.6 Å². The molecule has 0 bridgehead atoms. The van der Waals surface area contributed by atoms with Crippen molar-refractivity contribution in [3.8, 4) is 5.69 Å². The topological polar surface area (TPSA) is 116 Å². The molecule has 0 aliphatic heterocycles. The Morgan fingerprint density at radius 1 is 1.31 bits per heavy atom. The lowest BCUT2D eigenvalue weighted by Gasteiger charge is -2.15. The fraction of sp³-hybridized carbons (Fsp3) is 0.316. The number of benzene rings is 1. The molecule has 10 heteroatoms. The lowest BCUT2D eigenvalue weighted by Crippen LogP contribution is -2.19. The Bertz CT molecular complexity index is 1080. The summed E-state index contributed by atoms with van der Waals surface area (Å²) in [6.45, 7) is 6.16. The van der Waals surface area contributed by atoms with Gasteiger partial charge in [0.2, 0.25) is 11.0 Å². The second-order valence-corrected chi connectivity index (χ2v) is 8.92. The minimum atomic E-state index is -0.447. The van der Waals surface area contributed by atoms with Gasteiger partial charge in [0, 0.05) is 18.2 Å². The van der Waals surface area contributed by atoms with Crippen molar-refractivity contribution in [3.63, 3.8) is 0 Å². The van der Waals surface area contributed by atoms with Crippen LogP contribution in [0.1, 0.15) is 24.4 Å². The molecule has 29 heavy (non-hydrogen) atoms. The molecule has 1 amide bonds. The van der Waals surface area contributed by atoms with Crippen molar-refractivity contribution in [2.24, 2.45) is 5.92 Å². The SMILES string of the molecule is Cc1cccc(-n2c(N)cc(=O)nc2SCC(=O)Nc2nnc(CC(C)C)s2)c1. The van der Waals surface area contributed by atoms with Crippen molar-refractivity contribution < 1.29 is 4.79 Å². The Hall–Kier alpha value is -2.72. The molecule has 0 unspecified atom stereocenters. The monoisotopic (exact) mass is 430 g/mol. The first-order valence-electron chi connectivity index (χ1n) is 9.03. The summed E-state index contributed by atoms with van der Waals surface area (Å²) in [7, 11) is 0. The first kappa shape index (κ1) is 21.0. The van der Waals surface area contributed by atoms with Gasteiger partial charge in [0.15, 0.2) is 5.16 Å². The highest BCUT2D eigenvalue weighted by Crippen LogP contribution is 2.24. The Morgan fingerprint density at radius 3 is 2.83 bits per heavy atom. The van der Waals surface area contributed by atoms with E-state index in [1.165, 1.54) is 17.4 Å². The van der Waals surface area contributed by atoms with Crippen molar-refractivity contribution >= 4 is 40.0 Å². The zero-order valence-electron chi connectivity index (χ0n) is 16.4. The summed E-state index contributed by atoms with van der Waals surface area (Å²) >= 11 is 2.50. The fourth-order valence-electron chi connectivity index (χ4n) is 2.62. The molecule has 3 aromatic rings. The normalized spacial score (nSPS) is 11.0. The lowest BCUT2D eigenvalue weighted by molar-refractivity contribution is -0.113. The summed E-state index contributed by atoms with van der Waals surface area (Å²) < 4.78 is 1.66. The molecule has 0 radical (unpaired) electrons. The summed E-state index contributed by atoms with van der Waals surface area (Å²) in [5.41, 5.74) is 7.44. The van der Waals surface area contributed by atoms with Crippen molar-refractivity contribution in [2.75, 3.05) is 16.8 Å². The molecular weight excluding hydrogens is 408 g/mol. The molecule has 0 saturated heterocycles. The summed E-state index contributed by atoms with van der Waals surface area (Å²) in [4.78, 5) is 28.2. The Labute approximate surface area is 176 Å². The van der Waals surface area contributed by atoms with Gasteiger partial charge in [-0.3, -0.25) is 19.5 Å². The van der Waals surface area contributed by atoms with Crippen LogP contribution in [0.3, 0.4) is 0 Å². The van der Waals surface area contributed by atoms with E-state index >= 15 is 0 Å². The van der Waals surface area contributed by atoms with E-state index in [1.54, 1.807) is 4.57 Å². The van der Waals surface area contributed by atoms with Crippen LogP contribution in [-0.4, -0.2) is 31.4 Å². The van der Waals surface area contributed by atoms with E-state index in [2.05, 4.69) is 34.3 Å². The van der Waals surface area contributed by atoms with Crippen LogP contribution >= 0.6 is 23.1 Å². The van der Waals surface area contributed by atoms with E-state index in [0.717, 1.165) is 34.4 Å². The number of nitrogens with one attached hydrogen (secondary N) is 1. The van der Waals surface area contributed by atoms with Crippen molar-refractivity contribution in [3.05, 3.63) is 51.3 Å². The molecule has 2 aromatic heterocycles. The average Bonchev–Trinajstić information content (AvgIpc) is 3.05. The van der Waals surface area contributed by atoms with E-state index in [1.807, 2.05) is 31.2 Å². The third-order valence-corrected chi connectivity index (χ3v) is 5.61. The van der Waals surface area contributed by atoms with E-state index < -0.39 is 5.56 Å². The number of amides is 1. The minimum Gasteiger partial charge on any atom is -0.385 e. The largest absolute Gasteiger partial charge is 0.385 e.